The summed E-state index contributed by atoms with van der Waals surface area (Å²) in [5, 5.41) is 13.0. The maximum Gasteiger partial charge on any atom is 0.165 e. The highest BCUT2D eigenvalue weighted by Gasteiger charge is 2.13. The van der Waals surface area contributed by atoms with E-state index in [9.17, 15) is 5.11 Å². The molecule has 0 radical (unpaired) electrons. The van der Waals surface area contributed by atoms with Crippen molar-refractivity contribution in [2.24, 2.45) is 0 Å². The topological polar surface area (TPSA) is 60.0 Å². The van der Waals surface area contributed by atoms with Crippen LogP contribution in [0.1, 0.15) is 26.3 Å². The first-order valence-electron chi connectivity index (χ1n) is 7.40. The Labute approximate surface area is 127 Å². The summed E-state index contributed by atoms with van der Waals surface area (Å²) in [6.07, 6.45) is -0.570. The van der Waals surface area contributed by atoms with Gasteiger partial charge < -0.3 is 24.6 Å². The van der Waals surface area contributed by atoms with Crippen LogP contribution in [0.2, 0.25) is 0 Å². The van der Waals surface area contributed by atoms with E-state index in [0.29, 0.717) is 24.7 Å². The molecule has 1 aromatic rings. The summed E-state index contributed by atoms with van der Waals surface area (Å²) >= 11 is 0. The minimum atomic E-state index is -0.662. The van der Waals surface area contributed by atoms with E-state index in [1.165, 1.54) is 0 Å². The molecule has 1 aromatic carbocycles. The molecular weight excluding hydrogens is 270 g/mol. The third-order valence-electron chi connectivity index (χ3n) is 2.77. The van der Waals surface area contributed by atoms with Crippen molar-refractivity contribution in [1.82, 2.24) is 5.32 Å². The minimum Gasteiger partial charge on any atom is -0.490 e. The summed E-state index contributed by atoms with van der Waals surface area (Å²) in [5.41, 5.74) is 1.00. The lowest BCUT2D eigenvalue weighted by Gasteiger charge is -2.18. The van der Waals surface area contributed by atoms with Gasteiger partial charge in [-0.2, -0.15) is 0 Å². The summed E-state index contributed by atoms with van der Waals surface area (Å²) in [7, 11) is 1.88. The van der Waals surface area contributed by atoms with Crippen LogP contribution in [0.25, 0.3) is 0 Å². The molecule has 0 heterocycles. The monoisotopic (exact) mass is 297 g/mol. The van der Waals surface area contributed by atoms with Gasteiger partial charge in [0.25, 0.3) is 0 Å². The van der Waals surface area contributed by atoms with Gasteiger partial charge in [-0.1, -0.05) is 12.1 Å². The highest BCUT2D eigenvalue weighted by Crippen LogP contribution is 2.31. The second-order valence-corrected chi connectivity index (χ2v) is 5.05. The highest BCUT2D eigenvalue weighted by molar-refractivity contribution is 5.46. The first-order valence-corrected chi connectivity index (χ1v) is 7.40. The number of hydrogen-bond donors (Lipinski definition) is 2. The molecule has 0 aliphatic carbocycles. The fourth-order valence-electron chi connectivity index (χ4n) is 1.86. The first kappa shape index (κ1) is 17.8. The summed E-state index contributed by atoms with van der Waals surface area (Å²) in [4.78, 5) is 0. The van der Waals surface area contributed by atoms with Crippen molar-refractivity contribution >= 4 is 0 Å². The predicted octanol–water partition coefficient (Wildman–Crippen LogP) is 1.97. The molecule has 1 rings (SSSR count). The number of benzene rings is 1. The van der Waals surface area contributed by atoms with E-state index < -0.39 is 6.10 Å². The van der Waals surface area contributed by atoms with Gasteiger partial charge in [0.05, 0.1) is 19.3 Å². The maximum absolute atomic E-state index is 9.89. The zero-order chi connectivity index (χ0) is 15.7. The molecule has 2 N–H and O–H groups in total. The average molecular weight is 297 g/mol. The zero-order valence-electron chi connectivity index (χ0n) is 13.4. The Balaban J connectivity index is 2.70. The Kier molecular flexibility index (Phi) is 8.12. The Morgan fingerprint density at radius 2 is 1.95 bits per heavy atom. The van der Waals surface area contributed by atoms with E-state index in [2.05, 4.69) is 5.32 Å². The number of rotatable bonds is 10. The van der Waals surface area contributed by atoms with Crippen molar-refractivity contribution in [1.29, 1.82) is 0 Å². The molecular formula is C16H27NO4. The largest absolute Gasteiger partial charge is 0.490 e. The number of aliphatic hydroxyl groups excluding tert-OH is 1. The summed E-state index contributed by atoms with van der Waals surface area (Å²) in [5.74, 6) is 1.37. The third kappa shape index (κ3) is 6.33. The molecule has 21 heavy (non-hydrogen) atoms. The van der Waals surface area contributed by atoms with E-state index in [4.69, 9.17) is 14.2 Å². The number of hydrogen-bond acceptors (Lipinski definition) is 5. The predicted molar refractivity (Wildman–Crippen MR) is 83.0 cm³/mol. The van der Waals surface area contributed by atoms with Crippen LogP contribution < -0.4 is 14.8 Å². The molecule has 0 amide bonds. The molecule has 5 nitrogen and oxygen atoms in total. The molecule has 5 heteroatoms. The van der Waals surface area contributed by atoms with Crippen LogP contribution >= 0.6 is 0 Å². The zero-order valence-corrected chi connectivity index (χ0v) is 13.4. The van der Waals surface area contributed by atoms with Crippen LogP contribution in [0.3, 0.4) is 0 Å². The van der Waals surface area contributed by atoms with Gasteiger partial charge in [-0.05, 0) is 33.9 Å². The van der Waals surface area contributed by atoms with Gasteiger partial charge in [-0.25, -0.2) is 0 Å². The Morgan fingerprint density at radius 3 is 2.57 bits per heavy atom. The molecule has 0 aromatic heterocycles. The average Bonchev–Trinajstić information content (AvgIpc) is 2.45. The number of ether oxygens (including phenoxy) is 3. The van der Waals surface area contributed by atoms with Gasteiger partial charge >= 0.3 is 0 Å². The van der Waals surface area contributed by atoms with Gasteiger partial charge in [0.1, 0.15) is 12.7 Å². The van der Waals surface area contributed by atoms with Gasteiger partial charge in [0.2, 0.25) is 0 Å². The van der Waals surface area contributed by atoms with Crippen molar-refractivity contribution in [3.8, 4) is 11.5 Å². The van der Waals surface area contributed by atoms with Gasteiger partial charge in [-0.15, -0.1) is 0 Å². The summed E-state index contributed by atoms with van der Waals surface area (Å²) in [6.45, 7) is 7.47. The van der Waals surface area contributed by atoms with E-state index in [1.54, 1.807) is 0 Å². The van der Waals surface area contributed by atoms with Gasteiger partial charge in [0, 0.05) is 12.1 Å². The normalized spacial score (nSPS) is 12.5. The lowest BCUT2D eigenvalue weighted by molar-refractivity contribution is -0.0127. The van der Waals surface area contributed by atoms with Crippen molar-refractivity contribution < 1.29 is 19.3 Å². The van der Waals surface area contributed by atoms with Crippen LogP contribution in [-0.2, 0) is 11.3 Å². The summed E-state index contributed by atoms with van der Waals surface area (Å²) in [6, 6.07) is 5.78. The third-order valence-corrected chi connectivity index (χ3v) is 2.77. The number of nitrogens with one attached hydrogen (secondary N) is 1. The molecule has 0 fully saturated rings. The Bertz CT molecular complexity index is 385. The van der Waals surface area contributed by atoms with E-state index in [0.717, 1.165) is 5.56 Å². The smallest absolute Gasteiger partial charge is 0.165 e. The van der Waals surface area contributed by atoms with E-state index >= 15 is 0 Å². The maximum atomic E-state index is 9.89. The molecule has 0 saturated heterocycles. The number of para-hydroxylation sites is 1. The lowest BCUT2D eigenvalue weighted by atomic mass is 10.2. The Morgan fingerprint density at radius 1 is 1.19 bits per heavy atom. The van der Waals surface area contributed by atoms with Gasteiger partial charge in [-0.3, -0.25) is 0 Å². The molecule has 0 spiro atoms. The van der Waals surface area contributed by atoms with Crippen molar-refractivity contribution in [3.05, 3.63) is 23.8 Å². The SMILES string of the molecule is CCOc1cccc(CNC)c1OCC(O)COC(C)C. The molecule has 0 saturated carbocycles. The number of aliphatic hydroxyl groups is 1. The van der Waals surface area contributed by atoms with Crippen LogP contribution in [0.15, 0.2) is 18.2 Å². The molecule has 0 aliphatic heterocycles. The molecule has 1 atom stereocenters. The molecule has 1 unspecified atom stereocenters. The molecule has 0 aliphatic rings. The fraction of sp³-hybridized carbons (Fsp3) is 0.625. The molecule has 0 bridgehead atoms. The molecule has 120 valence electrons. The van der Waals surface area contributed by atoms with Crippen molar-refractivity contribution in [3.63, 3.8) is 0 Å². The van der Waals surface area contributed by atoms with Crippen LogP contribution in [0, 0.1) is 0 Å². The second kappa shape index (κ2) is 9.60. The standard InChI is InChI=1S/C16H27NO4/c1-5-19-15-8-6-7-13(9-17-4)16(15)21-11-14(18)10-20-12(2)3/h6-8,12,14,17-18H,5,9-11H2,1-4H3. The quantitative estimate of drug-likeness (QED) is 0.691. The lowest BCUT2D eigenvalue weighted by Crippen LogP contribution is -2.25. The minimum absolute atomic E-state index is 0.0928. The van der Waals surface area contributed by atoms with Gasteiger partial charge in [0.15, 0.2) is 11.5 Å². The van der Waals surface area contributed by atoms with Crippen molar-refractivity contribution in [2.45, 2.75) is 39.5 Å². The van der Waals surface area contributed by atoms with Crippen LogP contribution in [0.4, 0.5) is 0 Å². The fourth-order valence-corrected chi connectivity index (χ4v) is 1.86. The highest BCUT2D eigenvalue weighted by atomic mass is 16.5. The first-order chi connectivity index (χ1) is 10.1. The van der Waals surface area contributed by atoms with E-state index in [1.807, 2.05) is 46.0 Å². The van der Waals surface area contributed by atoms with Crippen molar-refractivity contribution in [2.75, 3.05) is 26.9 Å². The second-order valence-electron chi connectivity index (χ2n) is 5.05. The van der Waals surface area contributed by atoms with Crippen LogP contribution in [-0.4, -0.2) is 44.2 Å². The Hall–Kier alpha value is -1.30. The van der Waals surface area contributed by atoms with E-state index in [-0.39, 0.29) is 19.3 Å². The van der Waals surface area contributed by atoms with Crippen LogP contribution in [0.5, 0.6) is 11.5 Å². The summed E-state index contributed by atoms with van der Waals surface area (Å²) < 4.78 is 16.7.